The average molecular weight is 272 g/mol. The van der Waals surface area contributed by atoms with Gasteiger partial charge in [0.15, 0.2) is 0 Å². The summed E-state index contributed by atoms with van der Waals surface area (Å²) in [6.07, 6.45) is 8.03. The second-order valence-corrected chi connectivity index (χ2v) is 5.39. The molecule has 4 nitrogen and oxygen atoms in total. The van der Waals surface area contributed by atoms with Crippen LogP contribution in [0.2, 0.25) is 0 Å². The second-order valence-electron chi connectivity index (χ2n) is 5.39. The predicted molar refractivity (Wildman–Crippen MR) is 81.7 cm³/mol. The molecular weight excluding hydrogens is 248 g/mol. The predicted octanol–water partition coefficient (Wildman–Crippen LogP) is 2.72. The third-order valence-corrected chi connectivity index (χ3v) is 3.52. The Morgan fingerprint density at radius 2 is 2.10 bits per heavy atom. The van der Waals surface area contributed by atoms with E-state index in [1.54, 1.807) is 0 Å². The number of aryl methyl sites for hydroxylation is 4. The van der Waals surface area contributed by atoms with E-state index in [2.05, 4.69) is 48.4 Å². The lowest BCUT2D eigenvalue weighted by Gasteiger charge is -2.19. The van der Waals surface area contributed by atoms with Crippen LogP contribution < -0.4 is 5.32 Å². The number of aromatic nitrogens is 3. The Morgan fingerprint density at radius 1 is 1.30 bits per heavy atom. The van der Waals surface area contributed by atoms with E-state index in [1.807, 2.05) is 24.1 Å². The van der Waals surface area contributed by atoms with Gasteiger partial charge in [0.25, 0.3) is 0 Å². The van der Waals surface area contributed by atoms with E-state index >= 15 is 0 Å². The Balaban J connectivity index is 2.09. The minimum atomic E-state index is 0.306. The summed E-state index contributed by atoms with van der Waals surface area (Å²) < 4.78 is 1.85. The van der Waals surface area contributed by atoms with Gasteiger partial charge in [-0.15, -0.1) is 0 Å². The van der Waals surface area contributed by atoms with Crippen molar-refractivity contribution in [2.24, 2.45) is 7.05 Å². The third-order valence-electron chi connectivity index (χ3n) is 3.52. The Labute approximate surface area is 121 Å². The largest absolute Gasteiger partial charge is 0.309 e. The third kappa shape index (κ3) is 3.67. The fourth-order valence-electron chi connectivity index (χ4n) is 2.58. The molecule has 20 heavy (non-hydrogen) atoms. The summed E-state index contributed by atoms with van der Waals surface area (Å²) in [5, 5.41) is 7.77. The average Bonchev–Trinajstić information content (AvgIpc) is 2.81. The summed E-state index contributed by atoms with van der Waals surface area (Å²) in [6.45, 7) is 7.32. The quantitative estimate of drug-likeness (QED) is 0.879. The molecule has 0 aromatic carbocycles. The smallest absolute Gasteiger partial charge is 0.0602 e. The van der Waals surface area contributed by atoms with Gasteiger partial charge in [-0.25, -0.2) is 0 Å². The fraction of sp³-hybridized carbons (Fsp3) is 0.500. The molecule has 0 saturated carbocycles. The number of nitrogens with zero attached hydrogens (tertiary/aromatic N) is 3. The van der Waals surface area contributed by atoms with Crippen LogP contribution in [0.25, 0.3) is 0 Å². The van der Waals surface area contributed by atoms with Crippen LogP contribution >= 0.6 is 0 Å². The van der Waals surface area contributed by atoms with Gasteiger partial charge in [-0.1, -0.05) is 13.0 Å². The molecule has 0 spiro atoms. The molecule has 0 aliphatic rings. The van der Waals surface area contributed by atoms with Gasteiger partial charge in [-0.2, -0.15) is 5.10 Å². The maximum absolute atomic E-state index is 4.63. The zero-order valence-electron chi connectivity index (χ0n) is 12.8. The molecule has 0 bridgehead atoms. The molecule has 0 aliphatic carbocycles. The molecular formula is C16H24N4. The first-order chi connectivity index (χ1) is 9.60. The van der Waals surface area contributed by atoms with Crippen molar-refractivity contribution in [3.05, 3.63) is 47.0 Å². The fourth-order valence-corrected chi connectivity index (χ4v) is 2.58. The van der Waals surface area contributed by atoms with Crippen molar-refractivity contribution < 1.29 is 0 Å². The van der Waals surface area contributed by atoms with Gasteiger partial charge >= 0.3 is 0 Å². The van der Waals surface area contributed by atoms with Crippen molar-refractivity contribution in [3.8, 4) is 0 Å². The molecule has 2 rings (SSSR count). The molecule has 2 heterocycles. The van der Waals surface area contributed by atoms with Gasteiger partial charge in [0.2, 0.25) is 0 Å². The van der Waals surface area contributed by atoms with E-state index in [0.29, 0.717) is 6.04 Å². The van der Waals surface area contributed by atoms with E-state index < -0.39 is 0 Å². The normalized spacial score (nSPS) is 12.6. The SMILES string of the molecule is CCNC(CCc1cnn(C)c1)c1ncc(C)cc1C. The van der Waals surface area contributed by atoms with Gasteiger partial charge < -0.3 is 5.32 Å². The topological polar surface area (TPSA) is 42.7 Å². The number of rotatable bonds is 6. The molecule has 2 aromatic heterocycles. The van der Waals surface area contributed by atoms with E-state index in [-0.39, 0.29) is 0 Å². The van der Waals surface area contributed by atoms with Crippen molar-refractivity contribution in [2.75, 3.05) is 6.54 Å². The molecule has 4 heteroatoms. The van der Waals surface area contributed by atoms with E-state index in [9.17, 15) is 0 Å². The van der Waals surface area contributed by atoms with Crippen LogP contribution in [0.4, 0.5) is 0 Å². The zero-order valence-corrected chi connectivity index (χ0v) is 12.8. The van der Waals surface area contributed by atoms with Crippen molar-refractivity contribution in [2.45, 2.75) is 39.7 Å². The summed E-state index contributed by atoms with van der Waals surface area (Å²) in [6, 6.07) is 2.51. The second kappa shape index (κ2) is 6.66. The van der Waals surface area contributed by atoms with Crippen molar-refractivity contribution in [3.63, 3.8) is 0 Å². The summed E-state index contributed by atoms with van der Waals surface area (Å²) >= 11 is 0. The highest BCUT2D eigenvalue weighted by molar-refractivity contribution is 5.26. The minimum absolute atomic E-state index is 0.306. The number of hydrogen-bond acceptors (Lipinski definition) is 3. The summed E-state index contributed by atoms with van der Waals surface area (Å²) in [7, 11) is 1.96. The Hall–Kier alpha value is -1.68. The van der Waals surface area contributed by atoms with Gasteiger partial charge in [0.05, 0.1) is 17.9 Å². The van der Waals surface area contributed by atoms with Crippen LogP contribution in [0, 0.1) is 13.8 Å². The van der Waals surface area contributed by atoms with Crippen LogP contribution in [0.15, 0.2) is 24.7 Å². The standard InChI is InChI=1S/C16H24N4/c1-5-17-15(7-6-14-10-19-20(4)11-14)16-13(3)8-12(2)9-18-16/h8-11,15,17H,5-7H2,1-4H3. The molecule has 0 amide bonds. The lowest BCUT2D eigenvalue weighted by Crippen LogP contribution is -2.23. The Bertz CT molecular complexity index is 559. The lowest BCUT2D eigenvalue weighted by atomic mass is 10.0. The van der Waals surface area contributed by atoms with Crippen molar-refractivity contribution in [1.82, 2.24) is 20.1 Å². The van der Waals surface area contributed by atoms with Gasteiger partial charge in [-0.3, -0.25) is 9.67 Å². The number of pyridine rings is 1. The van der Waals surface area contributed by atoms with E-state index in [4.69, 9.17) is 0 Å². The summed E-state index contributed by atoms with van der Waals surface area (Å²) in [5.74, 6) is 0. The van der Waals surface area contributed by atoms with Crippen LogP contribution in [0.3, 0.4) is 0 Å². The van der Waals surface area contributed by atoms with Crippen molar-refractivity contribution in [1.29, 1.82) is 0 Å². The van der Waals surface area contributed by atoms with E-state index in [0.717, 1.165) is 19.4 Å². The summed E-state index contributed by atoms with van der Waals surface area (Å²) in [4.78, 5) is 4.63. The highest BCUT2D eigenvalue weighted by Crippen LogP contribution is 2.21. The molecule has 1 atom stereocenters. The highest BCUT2D eigenvalue weighted by atomic mass is 15.2. The van der Waals surface area contributed by atoms with Crippen LogP contribution in [0.5, 0.6) is 0 Å². The first kappa shape index (κ1) is 14.7. The maximum atomic E-state index is 4.63. The molecule has 0 radical (unpaired) electrons. The maximum Gasteiger partial charge on any atom is 0.0602 e. The van der Waals surface area contributed by atoms with Gasteiger partial charge in [0.1, 0.15) is 0 Å². The molecule has 0 fully saturated rings. The zero-order chi connectivity index (χ0) is 14.5. The van der Waals surface area contributed by atoms with Crippen LogP contribution in [0.1, 0.15) is 41.8 Å². The van der Waals surface area contributed by atoms with Gasteiger partial charge in [0, 0.05) is 19.4 Å². The van der Waals surface area contributed by atoms with Gasteiger partial charge in [-0.05, 0) is 49.9 Å². The number of nitrogens with one attached hydrogen (secondary N) is 1. The first-order valence-electron chi connectivity index (χ1n) is 7.24. The molecule has 1 unspecified atom stereocenters. The highest BCUT2D eigenvalue weighted by Gasteiger charge is 2.14. The lowest BCUT2D eigenvalue weighted by molar-refractivity contribution is 0.501. The number of hydrogen-bond donors (Lipinski definition) is 1. The molecule has 0 aliphatic heterocycles. The molecule has 0 saturated heterocycles. The molecule has 1 N–H and O–H groups in total. The minimum Gasteiger partial charge on any atom is -0.309 e. The monoisotopic (exact) mass is 272 g/mol. The molecule has 2 aromatic rings. The summed E-state index contributed by atoms with van der Waals surface area (Å²) in [5.41, 5.74) is 4.93. The Morgan fingerprint density at radius 3 is 2.70 bits per heavy atom. The first-order valence-corrected chi connectivity index (χ1v) is 7.24. The van der Waals surface area contributed by atoms with E-state index in [1.165, 1.54) is 22.4 Å². The van der Waals surface area contributed by atoms with Crippen LogP contribution in [-0.4, -0.2) is 21.3 Å². The molecule has 108 valence electrons. The van der Waals surface area contributed by atoms with Crippen molar-refractivity contribution >= 4 is 0 Å². The Kier molecular flexibility index (Phi) is 4.90. The van der Waals surface area contributed by atoms with Crippen LogP contribution in [-0.2, 0) is 13.5 Å².